The van der Waals surface area contributed by atoms with E-state index in [0.717, 1.165) is 24.5 Å². The number of fused-ring (bicyclic) bond motifs is 1. The van der Waals surface area contributed by atoms with Gasteiger partial charge in [-0.2, -0.15) is 5.10 Å². The number of nitrogens with zero attached hydrogens (tertiary/aromatic N) is 8. The average molecular weight is 407 g/mol. The lowest BCUT2D eigenvalue weighted by atomic mass is 10.3. The van der Waals surface area contributed by atoms with Crippen LogP contribution in [0.4, 0.5) is 11.4 Å². The number of aliphatic hydroxyl groups is 1. The summed E-state index contributed by atoms with van der Waals surface area (Å²) in [4.78, 5) is 9.13. The van der Waals surface area contributed by atoms with Crippen LogP contribution in [0.25, 0.3) is 0 Å². The normalized spacial score (nSPS) is 23.2. The number of aliphatic imine (C=N–C) groups is 2. The number of anilines is 1. The van der Waals surface area contributed by atoms with Gasteiger partial charge in [0.1, 0.15) is 12.4 Å². The summed E-state index contributed by atoms with van der Waals surface area (Å²) in [5.41, 5.74) is 1.81. The molecule has 1 unspecified atom stereocenters. The fourth-order valence-electron chi connectivity index (χ4n) is 3.71. The number of guanidine groups is 1. The van der Waals surface area contributed by atoms with Crippen molar-refractivity contribution in [3.8, 4) is 0 Å². The molecule has 1 saturated heterocycles. The Morgan fingerprint density at radius 2 is 2.00 bits per heavy atom. The van der Waals surface area contributed by atoms with Gasteiger partial charge in [0.15, 0.2) is 6.20 Å². The molecule has 0 radical (unpaired) electrons. The van der Waals surface area contributed by atoms with Crippen LogP contribution in [-0.4, -0.2) is 70.8 Å². The number of quaternary nitrogens is 1. The van der Waals surface area contributed by atoms with Crippen LogP contribution < -0.4 is 9.60 Å². The Morgan fingerprint density at radius 1 is 1.17 bits per heavy atom. The fraction of sp³-hybridized carbons (Fsp3) is 0.300. The summed E-state index contributed by atoms with van der Waals surface area (Å²) in [6.07, 6.45) is 8.96. The van der Waals surface area contributed by atoms with Gasteiger partial charge < -0.3 is 9.84 Å². The van der Waals surface area contributed by atoms with Gasteiger partial charge in [0.2, 0.25) is 5.69 Å². The number of aliphatic hydroxyl groups excluding tert-OH is 1. The first-order valence-corrected chi connectivity index (χ1v) is 9.91. The van der Waals surface area contributed by atoms with Gasteiger partial charge in [-0.05, 0) is 17.2 Å². The lowest BCUT2D eigenvalue weighted by molar-refractivity contribution is 0.0392. The number of ether oxygens (including phenoxy) is 1. The van der Waals surface area contributed by atoms with Crippen LogP contribution in [0.15, 0.2) is 70.2 Å². The Hall–Kier alpha value is -3.18. The second kappa shape index (κ2) is 7.92. The number of morpholine rings is 1. The number of benzene rings is 1. The zero-order valence-corrected chi connectivity index (χ0v) is 16.4. The van der Waals surface area contributed by atoms with E-state index in [1.165, 1.54) is 0 Å². The third-order valence-corrected chi connectivity index (χ3v) is 5.17. The predicted octanol–water partition coefficient (Wildman–Crippen LogP) is 1.18. The van der Waals surface area contributed by atoms with E-state index >= 15 is 0 Å². The summed E-state index contributed by atoms with van der Waals surface area (Å²) in [5, 5.41) is 22.9. The van der Waals surface area contributed by atoms with E-state index in [9.17, 15) is 5.11 Å². The number of para-hydroxylation sites is 1. The molecule has 1 aromatic carbocycles. The minimum atomic E-state index is 0.0205. The molecule has 0 saturated carbocycles. The number of amidine groups is 1. The Kier molecular flexibility index (Phi) is 4.97. The number of rotatable bonds is 5. The van der Waals surface area contributed by atoms with Crippen LogP contribution in [0.5, 0.6) is 0 Å². The van der Waals surface area contributed by atoms with Crippen molar-refractivity contribution < 1.29 is 9.84 Å². The standard InChI is InChI=1S/C20H23N8O2/c29-11-7-25-16-18(14-22-25)28-10-6-21-15-19(28)23-20(24-28)27(17-4-2-1-3-5-17)26-8-12-30-13-9-26/h1-6,10,14-16,29H,7-9,11-13H2/q+1. The van der Waals surface area contributed by atoms with E-state index in [0.29, 0.717) is 31.6 Å². The number of aromatic nitrogens is 2. The third-order valence-electron chi connectivity index (χ3n) is 5.17. The van der Waals surface area contributed by atoms with Crippen molar-refractivity contribution in [2.24, 2.45) is 15.1 Å². The fourth-order valence-corrected chi connectivity index (χ4v) is 3.71. The maximum Gasteiger partial charge on any atom is 0.305 e. The Bertz CT molecular complexity index is 1020. The quantitative estimate of drug-likeness (QED) is 0.752. The van der Waals surface area contributed by atoms with E-state index in [2.05, 4.69) is 15.1 Å². The largest absolute Gasteiger partial charge is 0.394 e. The Morgan fingerprint density at radius 3 is 2.80 bits per heavy atom. The first-order chi connectivity index (χ1) is 14.8. The van der Waals surface area contributed by atoms with Crippen LogP contribution in [0.2, 0.25) is 0 Å². The highest BCUT2D eigenvalue weighted by atomic mass is 16.5. The summed E-state index contributed by atoms with van der Waals surface area (Å²) in [6.45, 7) is 3.25. The Balaban J connectivity index is 1.59. The molecule has 10 heteroatoms. The van der Waals surface area contributed by atoms with Crippen molar-refractivity contribution in [2.75, 3.05) is 37.9 Å². The van der Waals surface area contributed by atoms with Crippen LogP contribution in [0, 0.1) is 0 Å². The molecular weight excluding hydrogens is 384 g/mol. The van der Waals surface area contributed by atoms with Crippen LogP contribution in [0.3, 0.4) is 0 Å². The molecule has 154 valence electrons. The molecule has 0 aliphatic carbocycles. The van der Waals surface area contributed by atoms with E-state index in [-0.39, 0.29) is 11.2 Å². The minimum absolute atomic E-state index is 0.0205. The SMILES string of the molecule is OCCn1cc([N+]23C=CN=CC2=NC(N(c2ccccc2)N2CCOCC2)=N3)cn1. The number of hydrazine groups is 1. The zero-order chi connectivity index (χ0) is 20.4. The van der Waals surface area contributed by atoms with Gasteiger partial charge in [0.25, 0.3) is 5.84 Å². The molecule has 2 aromatic rings. The molecule has 4 heterocycles. The van der Waals surface area contributed by atoms with Gasteiger partial charge in [-0.25, -0.2) is 10.0 Å². The molecule has 3 aliphatic rings. The topological polar surface area (TPSA) is 90.8 Å². The molecule has 3 aliphatic heterocycles. The lowest BCUT2D eigenvalue weighted by Gasteiger charge is -2.36. The number of hydrogen-bond acceptors (Lipinski definition) is 8. The predicted molar refractivity (Wildman–Crippen MR) is 115 cm³/mol. The average Bonchev–Trinajstić information content (AvgIpc) is 3.41. The van der Waals surface area contributed by atoms with Gasteiger partial charge in [0, 0.05) is 13.1 Å². The minimum Gasteiger partial charge on any atom is -0.394 e. The van der Waals surface area contributed by atoms with Gasteiger partial charge in [-0.15, -0.1) is 4.99 Å². The summed E-state index contributed by atoms with van der Waals surface area (Å²) in [7, 11) is 0. The molecule has 0 amide bonds. The van der Waals surface area contributed by atoms with E-state index < -0.39 is 0 Å². The van der Waals surface area contributed by atoms with Crippen molar-refractivity contribution in [2.45, 2.75) is 6.54 Å². The van der Waals surface area contributed by atoms with Gasteiger partial charge in [0.05, 0.1) is 44.4 Å². The maximum atomic E-state index is 9.24. The molecule has 5 rings (SSSR count). The summed E-state index contributed by atoms with van der Waals surface area (Å²) in [5.74, 6) is 1.26. The monoisotopic (exact) mass is 407 g/mol. The molecule has 0 spiro atoms. The van der Waals surface area contributed by atoms with Crippen LogP contribution in [0.1, 0.15) is 0 Å². The van der Waals surface area contributed by atoms with Crippen LogP contribution in [-0.2, 0) is 11.3 Å². The second-order valence-corrected chi connectivity index (χ2v) is 7.03. The van der Waals surface area contributed by atoms with Crippen molar-refractivity contribution in [1.29, 1.82) is 0 Å². The molecule has 30 heavy (non-hydrogen) atoms. The van der Waals surface area contributed by atoms with Gasteiger partial charge in [-0.1, -0.05) is 22.8 Å². The molecule has 1 fully saturated rings. The third kappa shape index (κ3) is 3.25. The second-order valence-electron chi connectivity index (χ2n) is 7.03. The smallest absolute Gasteiger partial charge is 0.305 e. The first-order valence-electron chi connectivity index (χ1n) is 9.91. The molecule has 10 nitrogen and oxygen atoms in total. The molecule has 0 bridgehead atoms. The lowest BCUT2D eigenvalue weighted by Crippen LogP contribution is -2.51. The first kappa shape index (κ1) is 18.8. The Labute approximate surface area is 173 Å². The van der Waals surface area contributed by atoms with Crippen molar-refractivity contribution >= 4 is 29.4 Å². The summed E-state index contributed by atoms with van der Waals surface area (Å²) in [6, 6.07) is 10.1. The van der Waals surface area contributed by atoms with Gasteiger partial charge >= 0.3 is 5.96 Å². The summed E-state index contributed by atoms with van der Waals surface area (Å²) < 4.78 is 7.30. The van der Waals surface area contributed by atoms with Gasteiger partial charge in [-0.3, -0.25) is 9.67 Å². The van der Waals surface area contributed by atoms with E-state index in [4.69, 9.17) is 14.8 Å². The molecule has 1 aromatic heterocycles. The van der Waals surface area contributed by atoms with E-state index in [1.807, 2.05) is 47.7 Å². The highest BCUT2D eigenvalue weighted by Crippen LogP contribution is 2.32. The maximum absolute atomic E-state index is 9.24. The van der Waals surface area contributed by atoms with Crippen molar-refractivity contribution in [3.05, 3.63) is 55.1 Å². The number of hydrogen-bond donors (Lipinski definition) is 1. The van der Waals surface area contributed by atoms with Crippen LogP contribution >= 0.6 is 0 Å². The molecular formula is C20H23N8O2+. The molecule has 1 N–H and O–H groups in total. The highest BCUT2D eigenvalue weighted by Gasteiger charge is 2.46. The van der Waals surface area contributed by atoms with E-state index in [1.54, 1.807) is 23.3 Å². The van der Waals surface area contributed by atoms with Crippen molar-refractivity contribution in [1.82, 2.24) is 19.4 Å². The highest BCUT2D eigenvalue weighted by molar-refractivity contribution is 6.38. The zero-order valence-electron chi connectivity index (χ0n) is 16.4. The summed E-state index contributed by atoms with van der Waals surface area (Å²) >= 11 is 0. The molecule has 1 atom stereocenters. The van der Waals surface area contributed by atoms with Crippen molar-refractivity contribution in [3.63, 3.8) is 0 Å².